The van der Waals surface area contributed by atoms with E-state index in [2.05, 4.69) is 20.5 Å². The first-order valence-corrected chi connectivity index (χ1v) is 7.96. The summed E-state index contributed by atoms with van der Waals surface area (Å²) in [6.07, 6.45) is 5.58. The molecule has 2 fully saturated rings. The predicted octanol–water partition coefficient (Wildman–Crippen LogP) is 2.71. The lowest BCUT2D eigenvalue weighted by Crippen LogP contribution is -2.48. The van der Waals surface area contributed by atoms with Gasteiger partial charge in [0.05, 0.1) is 11.9 Å². The van der Waals surface area contributed by atoms with Gasteiger partial charge in [-0.05, 0) is 50.4 Å². The minimum Gasteiger partial charge on any atom is -0.357 e. The van der Waals surface area contributed by atoms with Gasteiger partial charge in [0, 0.05) is 19.0 Å². The van der Waals surface area contributed by atoms with Crippen molar-refractivity contribution in [2.24, 2.45) is 11.8 Å². The van der Waals surface area contributed by atoms with Gasteiger partial charge in [-0.1, -0.05) is 6.92 Å². The highest BCUT2D eigenvalue weighted by Crippen LogP contribution is 2.21. The number of nitrogens with one attached hydrogen (secondary N) is 2. The molecule has 1 amide bonds. The fraction of sp³-hybridized carbons (Fsp3) is 0.625. The quantitative estimate of drug-likeness (QED) is 0.866. The Morgan fingerprint density at radius 3 is 2.48 bits per heavy atom. The van der Waals surface area contributed by atoms with Crippen LogP contribution in [-0.4, -0.2) is 37.1 Å². The number of amides is 1. The van der Waals surface area contributed by atoms with Gasteiger partial charge in [-0.15, -0.1) is 24.8 Å². The SMILES string of the molecule is CC(C(=O)Nc1ccc(N2CCCCC2)nc1)C1CNC1.Cl.Cl. The maximum absolute atomic E-state index is 12.2. The van der Waals surface area contributed by atoms with Crippen LogP contribution in [0, 0.1) is 11.8 Å². The number of carbonyl (C=O) groups excluding carboxylic acids is 1. The molecule has 2 N–H and O–H groups in total. The van der Waals surface area contributed by atoms with Gasteiger partial charge in [0.15, 0.2) is 0 Å². The average Bonchev–Trinajstić information content (AvgIpc) is 2.47. The highest BCUT2D eigenvalue weighted by atomic mass is 35.5. The molecule has 23 heavy (non-hydrogen) atoms. The van der Waals surface area contributed by atoms with Crippen LogP contribution >= 0.6 is 24.8 Å². The van der Waals surface area contributed by atoms with E-state index in [1.165, 1.54) is 19.3 Å². The number of halogens is 2. The first-order chi connectivity index (χ1) is 10.2. The molecule has 130 valence electrons. The lowest BCUT2D eigenvalue weighted by molar-refractivity contribution is -0.121. The third-order valence-corrected chi connectivity index (χ3v) is 4.63. The largest absolute Gasteiger partial charge is 0.357 e. The Balaban J connectivity index is 0.00000132. The van der Waals surface area contributed by atoms with E-state index in [0.29, 0.717) is 5.92 Å². The molecule has 0 aromatic carbocycles. The summed E-state index contributed by atoms with van der Waals surface area (Å²) < 4.78 is 0. The zero-order valence-electron chi connectivity index (χ0n) is 13.5. The molecular formula is C16H26Cl2N4O. The first-order valence-electron chi connectivity index (χ1n) is 7.96. The summed E-state index contributed by atoms with van der Waals surface area (Å²) in [6.45, 7) is 6.06. The number of hydrogen-bond acceptors (Lipinski definition) is 4. The normalized spacial score (nSPS) is 18.9. The van der Waals surface area contributed by atoms with Crippen LogP contribution in [0.3, 0.4) is 0 Å². The molecule has 0 radical (unpaired) electrons. The molecule has 5 nitrogen and oxygen atoms in total. The van der Waals surface area contributed by atoms with Crippen LogP contribution in [-0.2, 0) is 4.79 Å². The smallest absolute Gasteiger partial charge is 0.227 e. The molecule has 1 unspecified atom stereocenters. The standard InChI is InChI=1S/C16H24N4O.2ClH/c1-12(13-9-17-10-13)16(21)19-14-5-6-15(18-11-14)20-7-3-2-4-8-20;;/h5-6,11-13,17H,2-4,7-10H2,1H3,(H,19,21);2*1H. The summed E-state index contributed by atoms with van der Waals surface area (Å²) in [5.41, 5.74) is 0.792. The highest BCUT2D eigenvalue weighted by Gasteiger charge is 2.28. The van der Waals surface area contributed by atoms with Crippen molar-refractivity contribution in [2.75, 3.05) is 36.4 Å². The Morgan fingerprint density at radius 1 is 1.26 bits per heavy atom. The molecule has 0 bridgehead atoms. The van der Waals surface area contributed by atoms with Crippen molar-refractivity contribution in [3.05, 3.63) is 18.3 Å². The second kappa shape index (κ2) is 9.30. The second-order valence-electron chi connectivity index (χ2n) is 6.15. The molecule has 2 aliphatic rings. The fourth-order valence-corrected chi connectivity index (χ4v) is 2.90. The van der Waals surface area contributed by atoms with Crippen LogP contribution in [0.4, 0.5) is 11.5 Å². The van der Waals surface area contributed by atoms with E-state index in [9.17, 15) is 4.79 Å². The molecule has 2 saturated heterocycles. The van der Waals surface area contributed by atoms with Crippen LogP contribution in [0.15, 0.2) is 18.3 Å². The molecule has 1 atom stereocenters. The number of hydrogen-bond donors (Lipinski definition) is 2. The Kier molecular flexibility index (Phi) is 8.09. The van der Waals surface area contributed by atoms with E-state index in [4.69, 9.17) is 0 Å². The van der Waals surface area contributed by atoms with Gasteiger partial charge in [-0.25, -0.2) is 4.98 Å². The van der Waals surface area contributed by atoms with Crippen LogP contribution < -0.4 is 15.5 Å². The fourth-order valence-electron chi connectivity index (χ4n) is 2.90. The Bertz CT molecular complexity index is 487. The van der Waals surface area contributed by atoms with E-state index in [0.717, 1.165) is 37.7 Å². The molecule has 0 aliphatic carbocycles. The summed E-state index contributed by atoms with van der Waals surface area (Å²) in [5, 5.41) is 6.18. The van der Waals surface area contributed by atoms with Crippen molar-refractivity contribution >= 4 is 42.2 Å². The third kappa shape index (κ3) is 4.96. The topological polar surface area (TPSA) is 57.3 Å². The van der Waals surface area contributed by atoms with Crippen molar-refractivity contribution in [2.45, 2.75) is 26.2 Å². The Hall–Kier alpha value is -1.04. The number of nitrogens with zero attached hydrogens (tertiary/aromatic N) is 2. The molecule has 0 spiro atoms. The maximum Gasteiger partial charge on any atom is 0.227 e. The minimum atomic E-state index is 0. The van der Waals surface area contributed by atoms with Crippen molar-refractivity contribution in [1.29, 1.82) is 0 Å². The van der Waals surface area contributed by atoms with Crippen LogP contribution in [0.25, 0.3) is 0 Å². The lowest BCUT2D eigenvalue weighted by atomic mass is 9.88. The summed E-state index contributed by atoms with van der Waals surface area (Å²) in [4.78, 5) is 19.0. The summed E-state index contributed by atoms with van der Waals surface area (Å²) in [6, 6.07) is 3.97. The Labute approximate surface area is 150 Å². The molecule has 1 aromatic rings. The predicted molar refractivity (Wildman–Crippen MR) is 99.0 cm³/mol. The molecular weight excluding hydrogens is 335 g/mol. The number of anilines is 2. The van der Waals surface area contributed by atoms with Crippen molar-refractivity contribution < 1.29 is 4.79 Å². The van der Waals surface area contributed by atoms with Gasteiger partial charge < -0.3 is 15.5 Å². The van der Waals surface area contributed by atoms with Gasteiger partial charge in [-0.2, -0.15) is 0 Å². The molecule has 2 aliphatic heterocycles. The van der Waals surface area contributed by atoms with Crippen LogP contribution in [0.5, 0.6) is 0 Å². The van der Waals surface area contributed by atoms with E-state index < -0.39 is 0 Å². The monoisotopic (exact) mass is 360 g/mol. The lowest BCUT2D eigenvalue weighted by Gasteiger charge is -2.31. The summed E-state index contributed by atoms with van der Waals surface area (Å²) in [5.74, 6) is 1.62. The zero-order chi connectivity index (χ0) is 14.7. The van der Waals surface area contributed by atoms with Gasteiger partial charge in [0.1, 0.15) is 5.82 Å². The van der Waals surface area contributed by atoms with E-state index in [-0.39, 0.29) is 36.6 Å². The van der Waals surface area contributed by atoms with Crippen molar-refractivity contribution in [3.8, 4) is 0 Å². The van der Waals surface area contributed by atoms with Gasteiger partial charge in [0.25, 0.3) is 0 Å². The summed E-state index contributed by atoms with van der Waals surface area (Å²) in [7, 11) is 0. The molecule has 3 heterocycles. The van der Waals surface area contributed by atoms with Crippen LogP contribution in [0.2, 0.25) is 0 Å². The number of rotatable bonds is 4. The van der Waals surface area contributed by atoms with E-state index >= 15 is 0 Å². The summed E-state index contributed by atoms with van der Waals surface area (Å²) >= 11 is 0. The Morgan fingerprint density at radius 2 is 1.96 bits per heavy atom. The van der Waals surface area contributed by atoms with Gasteiger partial charge in [0.2, 0.25) is 5.91 Å². The highest BCUT2D eigenvalue weighted by molar-refractivity contribution is 5.92. The van der Waals surface area contributed by atoms with E-state index in [1.54, 1.807) is 6.20 Å². The van der Waals surface area contributed by atoms with Gasteiger partial charge >= 0.3 is 0 Å². The zero-order valence-corrected chi connectivity index (χ0v) is 15.1. The first kappa shape index (κ1) is 20.0. The van der Waals surface area contributed by atoms with E-state index in [1.807, 2.05) is 19.1 Å². The van der Waals surface area contributed by atoms with Crippen molar-refractivity contribution in [1.82, 2.24) is 10.3 Å². The molecule has 0 saturated carbocycles. The number of pyridine rings is 1. The number of carbonyl (C=O) groups is 1. The second-order valence-corrected chi connectivity index (χ2v) is 6.15. The third-order valence-electron chi connectivity index (χ3n) is 4.63. The molecule has 1 aromatic heterocycles. The average molecular weight is 361 g/mol. The minimum absolute atomic E-state index is 0. The van der Waals surface area contributed by atoms with Gasteiger partial charge in [-0.3, -0.25) is 4.79 Å². The van der Waals surface area contributed by atoms with Crippen molar-refractivity contribution in [3.63, 3.8) is 0 Å². The maximum atomic E-state index is 12.2. The van der Waals surface area contributed by atoms with Crippen LogP contribution in [0.1, 0.15) is 26.2 Å². The number of piperidine rings is 1. The molecule has 7 heteroatoms. The number of aromatic nitrogens is 1. The molecule has 3 rings (SSSR count).